The van der Waals surface area contributed by atoms with Gasteiger partial charge in [0.05, 0.1) is 40.4 Å². The van der Waals surface area contributed by atoms with Gasteiger partial charge in [-0.15, -0.1) is 0 Å². The molecule has 10 aromatic rings. The van der Waals surface area contributed by atoms with Crippen LogP contribution in [0.3, 0.4) is 0 Å². The van der Waals surface area contributed by atoms with Crippen molar-refractivity contribution >= 4 is 50.6 Å². The van der Waals surface area contributed by atoms with Gasteiger partial charge in [0, 0.05) is 27.5 Å². The van der Waals surface area contributed by atoms with Gasteiger partial charge in [-0.05, 0) is 51.0 Å². The lowest BCUT2D eigenvalue weighted by Crippen LogP contribution is -2.74. The van der Waals surface area contributed by atoms with Gasteiger partial charge in [-0.2, -0.15) is 0 Å². The van der Waals surface area contributed by atoms with Crippen LogP contribution < -0.4 is 20.7 Å². The predicted octanol–water partition coefficient (Wildman–Crippen LogP) is 9.95. The zero-order chi connectivity index (χ0) is 45.1. The van der Waals surface area contributed by atoms with Crippen molar-refractivity contribution in [2.24, 2.45) is 0 Å². The molecule has 0 aliphatic carbocycles. The fourth-order valence-corrected chi connectivity index (χ4v) is 12.3. The Morgan fingerprint density at radius 3 is 1.46 bits per heavy atom. The SMILES string of the molecule is [2H]c1c(-c2ccccc2)nc(-c2c([2H])c([2H])c([2H])c([2H])c2-n2c3ccccc3c3ccccc32)nc1-c1c([2H])c([2H])c([2H])c([Si](c2ccccc2)(c2ccccc2)c2ccccc2)c1[2H]. The minimum absolute atomic E-state index is 0.0518. The Labute approximate surface area is 340 Å². The van der Waals surface area contributed by atoms with Crippen molar-refractivity contribution in [3.8, 4) is 39.6 Å². The largest absolute Gasteiger partial charge is 0.309 e. The van der Waals surface area contributed by atoms with Crippen molar-refractivity contribution in [3.63, 3.8) is 0 Å². The summed E-state index contributed by atoms with van der Waals surface area (Å²) in [6.45, 7) is 0. The van der Waals surface area contributed by atoms with Crippen molar-refractivity contribution in [1.82, 2.24) is 14.5 Å². The first kappa shape index (κ1) is 25.0. The minimum atomic E-state index is -3.69. The number of hydrogen-bond acceptors (Lipinski definition) is 2. The highest BCUT2D eigenvalue weighted by atomic mass is 28.3. The number of nitrogens with zero attached hydrogens (tertiary/aromatic N) is 3. The summed E-state index contributed by atoms with van der Waals surface area (Å²) in [7, 11) is -3.69. The lowest BCUT2D eigenvalue weighted by Gasteiger charge is -2.34. The van der Waals surface area contributed by atoms with E-state index in [1.54, 1.807) is 28.8 Å². The summed E-state index contributed by atoms with van der Waals surface area (Å²) in [6.07, 6.45) is 0. The normalized spacial score (nSPS) is 13.8. The Balaban J connectivity index is 1.36. The molecular weight excluding hydrogens is 695 g/mol. The van der Waals surface area contributed by atoms with Crippen LogP contribution in [0.1, 0.15) is 12.3 Å². The molecule has 0 spiro atoms. The van der Waals surface area contributed by atoms with E-state index in [1.165, 1.54) is 0 Å². The Kier molecular flexibility index (Phi) is 6.37. The van der Waals surface area contributed by atoms with Gasteiger partial charge >= 0.3 is 0 Å². The maximum absolute atomic E-state index is 10.3. The summed E-state index contributed by atoms with van der Waals surface area (Å²) >= 11 is 0. The number of fused-ring (bicyclic) bond motifs is 3. The molecular formula is C52H37N3Si. The van der Waals surface area contributed by atoms with Crippen molar-refractivity contribution in [1.29, 1.82) is 0 Å². The summed E-state index contributed by atoms with van der Waals surface area (Å²) in [5.41, 5.74) is 1.63. The van der Waals surface area contributed by atoms with Crippen LogP contribution in [0.4, 0.5) is 0 Å². The molecule has 0 radical (unpaired) electrons. The fourth-order valence-electron chi connectivity index (χ4n) is 7.81. The summed E-state index contributed by atoms with van der Waals surface area (Å²) in [4.78, 5) is 9.97. The van der Waals surface area contributed by atoms with E-state index in [1.807, 2.05) is 146 Å². The number of rotatable bonds is 8. The average molecular weight is 741 g/mol. The summed E-state index contributed by atoms with van der Waals surface area (Å²) in [5, 5.41) is 4.50. The molecule has 56 heavy (non-hydrogen) atoms. The second-order valence-corrected chi connectivity index (χ2v) is 17.2. The average Bonchev–Trinajstić information content (AvgIpc) is 3.68. The molecule has 0 fully saturated rings. The highest BCUT2D eigenvalue weighted by molar-refractivity contribution is 7.19. The van der Waals surface area contributed by atoms with Gasteiger partial charge in [0.1, 0.15) is 0 Å². The molecule has 264 valence electrons. The zero-order valence-electron chi connectivity index (χ0n) is 39.0. The van der Waals surface area contributed by atoms with Crippen LogP contribution in [0.15, 0.2) is 224 Å². The quantitative estimate of drug-likeness (QED) is 0.115. The number of benzene rings is 8. The van der Waals surface area contributed by atoms with Crippen LogP contribution >= 0.6 is 0 Å². The Morgan fingerprint density at radius 2 is 0.893 bits per heavy atom. The molecule has 0 bridgehead atoms. The Bertz CT molecular complexity index is 3330. The molecule has 3 nitrogen and oxygen atoms in total. The molecule has 0 aliphatic heterocycles. The number of para-hydroxylation sites is 3. The molecule has 10 rings (SSSR count). The number of hydrogen-bond donors (Lipinski definition) is 0. The molecule has 0 N–H and O–H groups in total. The minimum Gasteiger partial charge on any atom is -0.309 e. The van der Waals surface area contributed by atoms with E-state index in [0.29, 0.717) is 16.6 Å². The maximum atomic E-state index is 10.3. The summed E-state index contributed by atoms with van der Waals surface area (Å²) in [5.74, 6) is -0.168. The van der Waals surface area contributed by atoms with E-state index in [0.717, 1.165) is 26.3 Å². The van der Waals surface area contributed by atoms with E-state index in [9.17, 15) is 9.60 Å². The van der Waals surface area contributed by atoms with Gasteiger partial charge < -0.3 is 4.57 Å². The van der Waals surface area contributed by atoms with E-state index in [2.05, 4.69) is 0 Å². The van der Waals surface area contributed by atoms with Crippen molar-refractivity contribution < 1.29 is 12.3 Å². The van der Waals surface area contributed by atoms with Crippen LogP contribution in [0.2, 0.25) is 0 Å². The first-order valence-electron chi connectivity index (χ1n) is 22.9. The van der Waals surface area contributed by atoms with Gasteiger partial charge in [-0.25, -0.2) is 9.97 Å². The highest BCUT2D eigenvalue weighted by Gasteiger charge is 2.41. The van der Waals surface area contributed by atoms with Crippen LogP contribution in [-0.4, -0.2) is 22.6 Å². The molecule has 0 unspecified atom stereocenters. The van der Waals surface area contributed by atoms with Gasteiger partial charge in [0.15, 0.2) is 13.9 Å². The topological polar surface area (TPSA) is 30.7 Å². The summed E-state index contributed by atoms with van der Waals surface area (Å²) < 4.78 is 87.7. The third-order valence-electron chi connectivity index (χ3n) is 10.3. The second kappa shape index (κ2) is 14.3. The van der Waals surface area contributed by atoms with E-state index < -0.39 is 38.3 Å². The van der Waals surface area contributed by atoms with Crippen LogP contribution in [0.5, 0.6) is 0 Å². The molecule has 0 saturated heterocycles. The summed E-state index contributed by atoms with van der Waals surface area (Å²) in [6, 6.07) is 49.8. The van der Waals surface area contributed by atoms with Gasteiger partial charge in [0.2, 0.25) is 0 Å². The molecule has 2 heterocycles. The first-order chi connectivity index (χ1) is 31.5. The lowest BCUT2D eigenvalue weighted by atomic mass is 10.1. The van der Waals surface area contributed by atoms with Crippen molar-refractivity contribution in [2.45, 2.75) is 0 Å². The fraction of sp³-hybridized carbons (Fsp3) is 0. The van der Waals surface area contributed by atoms with E-state index >= 15 is 0 Å². The molecule has 0 atom stereocenters. The molecule has 0 aliphatic rings. The highest BCUT2D eigenvalue weighted by Crippen LogP contribution is 2.36. The zero-order valence-corrected chi connectivity index (χ0v) is 31.0. The van der Waals surface area contributed by atoms with Gasteiger partial charge in [0.25, 0.3) is 0 Å². The van der Waals surface area contributed by atoms with E-state index in [4.69, 9.17) is 12.7 Å². The molecule has 2 aromatic heterocycles. The standard InChI is InChI=1S/C52H37N3Si/c1-5-20-38(21-6-1)47-37-48(54-52(53-47)46-32-15-18-35-51(46)55-49-33-16-13-30-44(49)45-31-14-17-34-50(45)55)39-22-19-29-43(36-39)56(40-23-7-2-8-24-40,41-25-9-3-10-26-41)42-27-11-4-12-28-42/h1-37H/i15D,18D,19D,22D,29D,32D,35D,36D,37D. The molecule has 4 heteroatoms. The van der Waals surface area contributed by atoms with Gasteiger partial charge in [-0.3, -0.25) is 0 Å². The monoisotopic (exact) mass is 740 g/mol. The van der Waals surface area contributed by atoms with Crippen LogP contribution in [-0.2, 0) is 0 Å². The van der Waals surface area contributed by atoms with Gasteiger partial charge in [-0.1, -0.05) is 194 Å². The first-order valence-corrected chi connectivity index (χ1v) is 20.4. The Morgan fingerprint density at radius 1 is 0.411 bits per heavy atom. The lowest BCUT2D eigenvalue weighted by molar-refractivity contribution is 1.14. The number of aromatic nitrogens is 3. The van der Waals surface area contributed by atoms with E-state index in [-0.39, 0.29) is 63.4 Å². The molecule has 0 amide bonds. The third-order valence-corrected chi connectivity index (χ3v) is 14.9. The van der Waals surface area contributed by atoms with Crippen LogP contribution in [0.25, 0.3) is 61.4 Å². The second-order valence-electron chi connectivity index (χ2n) is 13.4. The third kappa shape index (κ3) is 5.67. The Hall–Kier alpha value is -7.14. The molecule has 8 aromatic carbocycles. The van der Waals surface area contributed by atoms with Crippen molar-refractivity contribution in [2.75, 3.05) is 0 Å². The predicted molar refractivity (Wildman–Crippen MR) is 236 cm³/mol. The molecule has 0 saturated carbocycles. The van der Waals surface area contributed by atoms with Crippen LogP contribution in [0, 0.1) is 0 Å². The van der Waals surface area contributed by atoms with Crippen molar-refractivity contribution in [3.05, 3.63) is 224 Å². The maximum Gasteiger partial charge on any atom is 0.179 e. The smallest absolute Gasteiger partial charge is 0.179 e.